The van der Waals surface area contributed by atoms with Crippen molar-refractivity contribution in [1.29, 1.82) is 0 Å². The number of para-hydroxylation sites is 1. The van der Waals surface area contributed by atoms with Crippen LogP contribution in [0.3, 0.4) is 0 Å². The summed E-state index contributed by atoms with van der Waals surface area (Å²) in [7, 11) is 4.11. The number of hydrogen-bond donors (Lipinski definition) is 0. The van der Waals surface area contributed by atoms with Crippen molar-refractivity contribution in [3.8, 4) is 11.3 Å². The molecule has 1 aliphatic heterocycles. The number of anilines is 1. The van der Waals surface area contributed by atoms with Crippen molar-refractivity contribution < 1.29 is 4.42 Å². The number of allylic oxidation sites excluding steroid dienone is 2. The van der Waals surface area contributed by atoms with E-state index in [4.69, 9.17) is 9.41 Å². The average molecular weight is 370 g/mol. The van der Waals surface area contributed by atoms with Crippen LogP contribution in [0, 0.1) is 0 Å². The second-order valence-electron chi connectivity index (χ2n) is 7.42. The normalized spacial score (nSPS) is 14.6. The minimum atomic E-state index is 0.872. The van der Waals surface area contributed by atoms with Gasteiger partial charge in [0.2, 0.25) is 0 Å². The molecule has 1 aromatic heterocycles. The molecule has 4 rings (SSSR count). The average Bonchev–Trinajstić information content (AvgIpc) is 3.12. The van der Waals surface area contributed by atoms with Crippen molar-refractivity contribution in [3.05, 3.63) is 83.8 Å². The fourth-order valence-electron chi connectivity index (χ4n) is 3.82. The minimum Gasteiger partial charge on any atom is -0.455 e. The Morgan fingerprint density at radius 3 is 2.32 bits per heavy atom. The quantitative estimate of drug-likeness (QED) is 0.530. The van der Waals surface area contributed by atoms with Crippen molar-refractivity contribution in [2.45, 2.75) is 26.2 Å². The first kappa shape index (κ1) is 18.3. The first-order valence-electron chi connectivity index (χ1n) is 9.83. The van der Waals surface area contributed by atoms with E-state index in [2.05, 4.69) is 86.6 Å². The number of hydrogen-bond acceptors (Lipinski definition) is 3. The maximum Gasteiger partial charge on any atom is 0.149 e. The number of benzene rings is 2. The fourth-order valence-corrected chi connectivity index (χ4v) is 3.82. The van der Waals surface area contributed by atoms with Gasteiger partial charge in [-0.1, -0.05) is 42.5 Å². The molecule has 28 heavy (non-hydrogen) atoms. The highest BCUT2D eigenvalue weighted by molar-refractivity contribution is 6.00. The highest BCUT2D eigenvalue weighted by Gasteiger charge is 2.17. The van der Waals surface area contributed by atoms with Crippen LogP contribution in [0.15, 0.2) is 81.8 Å². The van der Waals surface area contributed by atoms with Crippen molar-refractivity contribution in [2.75, 3.05) is 19.0 Å². The summed E-state index contributed by atoms with van der Waals surface area (Å²) in [5, 5.41) is 0. The summed E-state index contributed by atoms with van der Waals surface area (Å²) in [6.45, 7) is 2.11. The molecule has 1 aliphatic rings. The van der Waals surface area contributed by atoms with Gasteiger partial charge in [-0.25, -0.2) is 0 Å². The minimum absolute atomic E-state index is 0.872. The lowest BCUT2D eigenvalue weighted by Crippen LogP contribution is -2.09. The molecule has 2 heterocycles. The molecule has 142 valence electrons. The maximum absolute atomic E-state index is 6.26. The van der Waals surface area contributed by atoms with Crippen molar-refractivity contribution in [3.63, 3.8) is 0 Å². The van der Waals surface area contributed by atoms with Crippen LogP contribution in [0.1, 0.15) is 37.5 Å². The Balaban J connectivity index is 1.69. The second kappa shape index (κ2) is 7.89. The molecule has 0 saturated carbocycles. The molecule has 0 spiro atoms. The van der Waals surface area contributed by atoms with Crippen LogP contribution in [0.4, 0.5) is 5.69 Å². The van der Waals surface area contributed by atoms with Gasteiger partial charge < -0.3 is 9.32 Å². The van der Waals surface area contributed by atoms with Crippen molar-refractivity contribution in [2.24, 2.45) is 4.99 Å². The maximum atomic E-state index is 6.26. The predicted molar refractivity (Wildman–Crippen MR) is 118 cm³/mol. The number of furan rings is 1. The lowest BCUT2D eigenvalue weighted by atomic mass is 9.99. The van der Waals surface area contributed by atoms with E-state index in [1.165, 1.54) is 11.1 Å². The molecule has 0 bridgehead atoms. The van der Waals surface area contributed by atoms with Crippen LogP contribution in [0.2, 0.25) is 0 Å². The van der Waals surface area contributed by atoms with Gasteiger partial charge in [0, 0.05) is 31.0 Å². The SMILES string of the molecule is CC1=C(c2ccccc2)CCCC(c2ccc(-c3ccccc3N(C)C)o2)=N1. The molecule has 0 amide bonds. The van der Waals surface area contributed by atoms with Gasteiger partial charge in [-0.2, -0.15) is 0 Å². The van der Waals surface area contributed by atoms with Gasteiger partial charge in [-0.3, -0.25) is 4.99 Å². The number of rotatable bonds is 4. The van der Waals surface area contributed by atoms with E-state index in [9.17, 15) is 0 Å². The molecule has 0 fully saturated rings. The summed E-state index contributed by atoms with van der Waals surface area (Å²) in [5.74, 6) is 1.76. The molecular formula is C25H26N2O. The summed E-state index contributed by atoms with van der Waals surface area (Å²) < 4.78 is 6.26. The summed E-state index contributed by atoms with van der Waals surface area (Å²) in [4.78, 5) is 7.07. The zero-order valence-corrected chi connectivity index (χ0v) is 16.8. The van der Waals surface area contributed by atoms with E-state index in [0.29, 0.717) is 0 Å². The van der Waals surface area contributed by atoms with Gasteiger partial charge in [-0.05, 0) is 61.6 Å². The Morgan fingerprint density at radius 1 is 0.821 bits per heavy atom. The van der Waals surface area contributed by atoms with E-state index < -0.39 is 0 Å². The highest BCUT2D eigenvalue weighted by atomic mass is 16.3. The predicted octanol–water partition coefficient (Wildman–Crippen LogP) is 6.42. The Kier molecular flexibility index (Phi) is 5.16. The Bertz CT molecular complexity index is 1030. The molecule has 0 atom stereocenters. The van der Waals surface area contributed by atoms with Crippen LogP contribution in [-0.2, 0) is 0 Å². The van der Waals surface area contributed by atoms with E-state index in [0.717, 1.165) is 53.4 Å². The third-order valence-corrected chi connectivity index (χ3v) is 5.24. The van der Waals surface area contributed by atoms with Gasteiger partial charge in [-0.15, -0.1) is 0 Å². The van der Waals surface area contributed by atoms with E-state index in [1.807, 2.05) is 6.07 Å². The summed E-state index contributed by atoms with van der Waals surface area (Å²) in [5.41, 5.74) is 6.98. The van der Waals surface area contributed by atoms with Crippen molar-refractivity contribution in [1.82, 2.24) is 0 Å². The number of aliphatic imine (C=N–C) groups is 1. The van der Waals surface area contributed by atoms with Gasteiger partial charge >= 0.3 is 0 Å². The molecule has 3 aromatic rings. The van der Waals surface area contributed by atoms with Gasteiger partial charge in [0.1, 0.15) is 11.5 Å². The topological polar surface area (TPSA) is 28.7 Å². The smallest absolute Gasteiger partial charge is 0.149 e. The Hall–Kier alpha value is -3.07. The third kappa shape index (κ3) is 3.65. The van der Waals surface area contributed by atoms with Crippen LogP contribution < -0.4 is 4.90 Å². The summed E-state index contributed by atoms with van der Waals surface area (Å²) >= 11 is 0. The molecule has 0 radical (unpaired) electrons. The lowest BCUT2D eigenvalue weighted by Gasteiger charge is -2.15. The summed E-state index contributed by atoms with van der Waals surface area (Å²) in [6.07, 6.45) is 3.04. The summed E-state index contributed by atoms with van der Waals surface area (Å²) in [6, 6.07) is 23.0. The number of nitrogens with zero attached hydrogens (tertiary/aromatic N) is 2. The van der Waals surface area contributed by atoms with Gasteiger partial charge in [0.05, 0.1) is 5.71 Å². The van der Waals surface area contributed by atoms with Crippen LogP contribution in [0.5, 0.6) is 0 Å². The van der Waals surface area contributed by atoms with Gasteiger partial charge in [0.25, 0.3) is 0 Å². The first-order valence-corrected chi connectivity index (χ1v) is 9.83. The van der Waals surface area contributed by atoms with E-state index >= 15 is 0 Å². The lowest BCUT2D eigenvalue weighted by molar-refractivity contribution is 0.569. The standard InChI is InChI=1S/C25H26N2O/c1-18-20(19-10-5-4-6-11-19)13-9-14-22(26-18)25-17-16-24(28-25)21-12-7-8-15-23(21)27(2)3/h4-8,10-12,15-17H,9,13-14H2,1-3H3. The van der Waals surface area contributed by atoms with Crippen LogP contribution >= 0.6 is 0 Å². The van der Waals surface area contributed by atoms with E-state index in [-0.39, 0.29) is 0 Å². The van der Waals surface area contributed by atoms with Crippen LogP contribution in [-0.4, -0.2) is 19.8 Å². The zero-order valence-electron chi connectivity index (χ0n) is 16.8. The second-order valence-corrected chi connectivity index (χ2v) is 7.42. The molecule has 0 aliphatic carbocycles. The molecule has 0 N–H and O–H groups in total. The largest absolute Gasteiger partial charge is 0.455 e. The molecular weight excluding hydrogens is 344 g/mol. The van der Waals surface area contributed by atoms with Crippen molar-refractivity contribution >= 4 is 17.0 Å². The van der Waals surface area contributed by atoms with Crippen LogP contribution in [0.25, 0.3) is 16.9 Å². The molecule has 3 heteroatoms. The third-order valence-electron chi connectivity index (χ3n) is 5.24. The monoisotopic (exact) mass is 370 g/mol. The Labute approximate surface area is 167 Å². The highest BCUT2D eigenvalue weighted by Crippen LogP contribution is 2.33. The molecule has 0 saturated heterocycles. The molecule has 0 unspecified atom stereocenters. The van der Waals surface area contributed by atoms with E-state index in [1.54, 1.807) is 0 Å². The first-order chi connectivity index (χ1) is 13.6. The molecule has 3 nitrogen and oxygen atoms in total. The van der Waals surface area contributed by atoms with Gasteiger partial charge in [0.15, 0.2) is 0 Å². The Morgan fingerprint density at radius 2 is 1.54 bits per heavy atom. The fraction of sp³-hybridized carbons (Fsp3) is 0.240. The molecule has 2 aromatic carbocycles. The zero-order chi connectivity index (χ0) is 19.5.